The van der Waals surface area contributed by atoms with Crippen molar-refractivity contribution in [2.75, 3.05) is 6.61 Å². The van der Waals surface area contributed by atoms with Crippen molar-refractivity contribution in [3.8, 4) is 0 Å². The molecule has 0 spiro atoms. The van der Waals surface area contributed by atoms with Crippen molar-refractivity contribution in [2.24, 2.45) is 0 Å². The highest BCUT2D eigenvalue weighted by atomic mass is 32.1. The number of ether oxygens (including phenoxy) is 2. The van der Waals surface area contributed by atoms with Crippen LogP contribution in [0.2, 0.25) is 0 Å². The van der Waals surface area contributed by atoms with E-state index in [9.17, 15) is 0 Å². The van der Waals surface area contributed by atoms with Gasteiger partial charge in [-0.1, -0.05) is 0 Å². The molecule has 2 heterocycles. The molecule has 72 valence electrons. The Kier molecular flexibility index (Phi) is 3.35. The van der Waals surface area contributed by atoms with E-state index in [4.69, 9.17) is 9.47 Å². The molecule has 0 aromatic carbocycles. The van der Waals surface area contributed by atoms with Gasteiger partial charge in [-0.2, -0.15) is 11.3 Å². The van der Waals surface area contributed by atoms with Crippen molar-refractivity contribution in [1.82, 2.24) is 0 Å². The Bertz CT molecular complexity index is 227. The molecule has 1 aliphatic heterocycles. The number of hydrogen-bond acceptors (Lipinski definition) is 3. The maximum absolute atomic E-state index is 5.61. The van der Waals surface area contributed by atoms with Crippen LogP contribution in [0.1, 0.15) is 24.8 Å². The van der Waals surface area contributed by atoms with Crippen molar-refractivity contribution >= 4 is 11.3 Å². The molecule has 2 nitrogen and oxygen atoms in total. The lowest BCUT2D eigenvalue weighted by atomic mass is 10.2. The topological polar surface area (TPSA) is 18.5 Å². The quantitative estimate of drug-likeness (QED) is 0.743. The van der Waals surface area contributed by atoms with Gasteiger partial charge in [0.15, 0.2) is 6.29 Å². The van der Waals surface area contributed by atoms with Crippen molar-refractivity contribution in [1.29, 1.82) is 0 Å². The normalized spacial score (nSPS) is 23.2. The van der Waals surface area contributed by atoms with Crippen LogP contribution in [0.3, 0.4) is 0 Å². The number of rotatable bonds is 3. The zero-order valence-corrected chi connectivity index (χ0v) is 8.39. The van der Waals surface area contributed by atoms with Crippen LogP contribution in [-0.4, -0.2) is 12.9 Å². The van der Waals surface area contributed by atoms with Gasteiger partial charge in [-0.05, 0) is 41.7 Å². The Morgan fingerprint density at radius 2 is 2.54 bits per heavy atom. The molecule has 0 amide bonds. The van der Waals surface area contributed by atoms with E-state index < -0.39 is 0 Å². The average Bonchev–Trinajstić information content (AvgIpc) is 2.69. The Morgan fingerprint density at radius 3 is 3.23 bits per heavy atom. The van der Waals surface area contributed by atoms with Crippen LogP contribution in [0.5, 0.6) is 0 Å². The van der Waals surface area contributed by atoms with Crippen molar-refractivity contribution < 1.29 is 9.47 Å². The van der Waals surface area contributed by atoms with Gasteiger partial charge in [0.25, 0.3) is 0 Å². The highest BCUT2D eigenvalue weighted by Gasteiger charge is 2.13. The molecule has 0 aliphatic carbocycles. The Labute approximate surface area is 82.5 Å². The molecule has 1 atom stereocenters. The fourth-order valence-electron chi connectivity index (χ4n) is 1.41. The summed E-state index contributed by atoms with van der Waals surface area (Å²) in [4.78, 5) is 0. The summed E-state index contributed by atoms with van der Waals surface area (Å²) in [5, 5.41) is 4.18. The van der Waals surface area contributed by atoms with Gasteiger partial charge >= 0.3 is 0 Å². The van der Waals surface area contributed by atoms with E-state index >= 15 is 0 Å². The highest BCUT2D eigenvalue weighted by Crippen LogP contribution is 2.16. The Balaban J connectivity index is 1.72. The molecule has 1 saturated heterocycles. The van der Waals surface area contributed by atoms with E-state index in [1.807, 2.05) is 0 Å². The lowest BCUT2D eigenvalue weighted by molar-refractivity contribution is -0.168. The fraction of sp³-hybridized carbons (Fsp3) is 0.600. The smallest absolute Gasteiger partial charge is 0.158 e. The molecule has 13 heavy (non-hydrogen) atoms. The first-order chi connectivity index (χ1) is 6.45. The molecule has 2 rings (SSSR count). The molecule has 1 aromatic rings. The first-order valence-electron chi connectivity index (χ1n) is 4.69. The average molecular weight is 198 g/mol. The molecule has 0 radical (unpaired) electrons. The largest absolute Gasteiger partial charge is 0.353 e. The van der Waals surface area contributed by atoms with E-state index in [2.05, 4.69) is 16.8 Å². The van der Waals surface area contributed by atoms with Gasteiger partial charge in [-0.15, -0.1) is 0 Å². The molecule has 1 aromatic heterocycles. The second-order valence-electron chi connectivity index (χ2n) is 3.24. The first-order valence-corrected chi connectivity index (χ1v) is 5.64. The van der Waals surface area contributed by atoms with Gasteiger partial charge in [0.1, 0.15) is 0 Å². The van der Waals surface area contributed by atoms with E-state index in [1.54, 1.807) is 11.3 Å². The summed E-state index contributed by atoms with van der Waals surface area (Å²) in [5.41, 5.74) is 1.25. The van der Waals surface area contributed by atoms with E-state index in [0.717, 1.165) is 13.0 Å². The van der Waals surface area contributed by atoms with Crippen LogP contribution in [0.25, 0.3) is 0 Å². The molecule has 0 N–H and O–H groups in total. The Morgan fingerprint density at radius 1 is 1.54 bits per heavy atom. The van der Waals surface area contributed by atoms with Gasteiger partial charge in [-0.3, -0.25) is 0 Å². The van der Waals surface area contributed by atoms with Gasteiger partial charge < -0.3 is 9.47 Å². The minimum atomic E-state index is 0.0358. The van der Waals surface area contributed by atoms with Crippen LogP contribution in [-0.2, 0) is 16.1 Å². The zero-order chi connectivity index (χ0) is 8.93. The van der Waals surface area contributed by atoms with Crippen molar-refractivity contribution in [2.45, 2.75) is 32.2 Å². The third-order valence-corrected chi connectivity index (χ3v) is 2.89. The molecule has 0 saturated carbocycles. The first kappa shape index (κ1) is 9.19. The number of hydrogen-bond donors (Lipinski definition) is 0. The summed E-state index contributed by atoms with van der Waals surface area (Å²) in [7, 11) is 0. The molecule has 1 fully saturated rings. The second kappa shape index (κ2) is 4.74. The van der Waals surface area contributed by atoms with Crippen molar-refractivity contribution in [3.63, 3.8) is 0 Å². The maximum atomic E-state index is 5.61. The molecule has 1 unspecified atom stereocenters. The van der Waals surface area contributed by atoms with Crippen molar-refractivity contribution in [3.05, 3.63) is 22.4 Å². The summed E-state index contributed by atoms with van der Waals surface area (Å²) in [6, 6.07) is 2.09. The SMILES string of the molecule is c1cc(COC2CCCCO2)cs1. The van der Waals surface area contributed by atoms with E-state index in [1.165, 1.54) is 18.4 Å². The predicted octanol–water partition coefficient (Wildman–Crippen LogP) is 2.79. The molecule has 0 bridgehead atoms. The fourth-order valence-corrected chi connectivity index (χ4v) is 2.06. The lowest BCUT2D eigenvalue weighted by Gasteiger charge is -2.22. The maximum Gasteiger partial charge on any atom is 0.158 e. The van der Waals surface area contributed by atoms with Gasteiger partial charge in [0.05, 0.1) is 6.61 Å². The molecular formula is C10H14O2S. The molecule has 3 heteroatoms. The molecule has 1 aliphatic rings. The van der Waals surface area contributed by atoms with Crippen LogP contribution >= 0.6 is 11.3 Å². The Hall–Kier alpha value is -0.380. The summed E-state index contributed by atoms with van der Waals surface area (Å²) in [6.07, 6.45) is 3.49. The lowest BCUT2D eigenvalue weighted by Crippen LogP contribution is -2.21. The van der Waals surface area contributed by atoms with Crippen LogP contribution < -0.4 is 0 Å². The highest BCUT2D eigenvalue weighted by molar-refractivity contribution is 7.07. The van der Waals surface area contributed by atoms with Gasteiger partial charge in [-0.25, -0.2) is 0 Å². The minimum Gasteiger partial charge on any atom is -0.353 e. The van der Waals surface area contributed by atoms with Gasteiger partial charge in [0, 0.05) is 6.61 Å². The van der Waals surface area contributed by atoms with Crippen LogP contribution in [0.15, 0.2) is 16.8 Å². The summed E-state index contributed by atoms with van der Waals surface area (Å²) < 4.78 is 11.1. The van der Waals surface area contributed by atoms with Crippen LogP contribution in [0.4, 0.5) is 0 Å². The van der Waals surface area contributed by atoms with Crippen LogP contribution in [0, 0.1) is 0 Å². The molecular weight excluding hydrogens is 184 g/mol. The minimum absolute atomic E-state index is 0.0358. The monoisotopic (exact) mass is 198 g/mol. The van der Waals surface area contributed by atoms with E-state index in [0.29, 0.717) is 6.61 Å². The standard InChI is InChI=1S/C10H14O2S/c1-2-5-11-10(3-1)12-7-9-4-6-13-8-9/h4,6,8,10H,1-3,5,7H2. The second-order valence-corrected chi connectivity index (χ2v) is 4.02. The third kappa shape index (κ3) is 2.79. The zero-order valence-electron chi connectivity index (χ0n) is 7.57. The van der Waals surface area contributed by atoms with E-state index in [-0.39, 0.29) is 6.29 Å². The predicted molar refractivity (Wildman–Crippen MR) is 52.7 cm³/mol. The third-order valence-electron chi connectivity index (χ3n) is 2.15. The summed E-state index contributed by atoms with van der Waals surface area (Å²) >= 11 is 1.71. The summed E-state index contributed by atoms with van der Waals surface area (Å²) in [5.74, 6) is 0. The number of thiophene rings is 1. The summed E-state index contributed by atoms with van der Waals surface area (Å²) in [6.45, 7) is 1.54. The van der Waals surface area contributed by atoms with Gasteiger partial charge in [0.2, 0.25) is 0 Å².